The zero-order valence-corrected chi connectivity index (χ0v) is 15.7. The molecule has 3 aliphatic heterocycles. The molecule has 1 spiro atoms. The fraction of sp³-hybridized carbons (Fsp3) is 0.895. The number of epoxide rings is 2. The zero-order valence-electron chi connectivity index (χ0n) is 15.7. The summed E-state index contributed by atoms with van der Waals surface area (Å²) in [6.45, 7) is 9.10. The number of aliphatic hydroxyl groups is 1. The van der Waals surface area contributed by atoms with Crippen molar-refractivity contribution in [3.63, 3.8) is 0 Å². The van der Waals surface area contributed by atoms with E-state index in [4.69, 9.17) is 18.9 Å². The van der Waals surface area contributed by atoms with Crippen LogP contribution in [0, 0.1) is 23.7 Å². The van der Waals surface area contributed by atoms with Gasteiger partial charge in [-0.15, -0.1) is 0 Å². The van der Waals surface area contributed by atoms with E-state index in [0.717, 1.165) is 0 Å². The molecule has 0 bridgehead atoms. The predicted molar refractivity (Wildman–Crippen MR) is 86.9 cm³/mol. The zero-order chi connectivity index (χ0) is 18.8. The third kappa shape index (κ3) is 1.75. The molecule has 2 saturated carbocycles. The first-order chi connectivity index (χ1) is 12.0. The molecule has 2 aliphatic carbocycles. The largest absolute Gasteiger partial charge is 0.462 e. The molecule has 10 atom stereocenters. The number of carbonyl (C=O) groups is 2. The van der Waals surface area contributed by atoms with Crippen LogP contribution in [0.1, 0.15) is 41.0 Å². The van der Waals surface area contributed by atoms with Crippen molar-refractivity contribution in [1.82, 2.24) is 0 Å². The predicted octanol–water partition coefficient (Wildman–Crippen LogP) is 0.811. The van der Waals surface area contributed by atoms with Crippen molar-refractivity contribution in [3.05, 3.63) is 0 Å². The van der Waals surface area contributed by atoms with Crippen LogP contribution in [0.2, 0.25) is 0 Å². The maximum Gasteiger partial charge on any atom is 0.309 e. The first-order valence-electron chi connectivity index (χ1n) is 9.53. The molecule has 5 aliphatic rings. The lowest BCUT2D eigenvalue weighted by atomic mass is 9.73. The topological polar surface area (TPSA) is 97.9 Å². The highest BCUT2D eigenvalue weighted by Crippen LogP contribution is 2.75. The van der Waals surface area contributed by atoms with Crippen LogP contribution in [0.25, 0.3) is 0 Å². The normalized spacial score (nSPS) is 58.9. The minimum atomic E-state index is -1.19. The van der Waals surface area contributed by atoms with Crippen molar-refractivity contribution in [2.45, 2.75) is 82.3 Å². The molecule has 10 unspecified atom stereocenters. The minimum absolute atomic E-state index is 0.0657. The van der Waals surface area contributed by atoms with Crippen LogP contribution in [0.15, 0.2) is 0 Å². The Bertz CT molecular complexity index is 702. The molecule has 0 aromatic rings. The van der Waals surface area contributed by atoms with Crippen molar-refractivity contribution in [2.24, 2.45) is 23.7 Å². The molecule has 0 amide bonds. The molecular formula is C19H26O7. The standard InChI is InChI=1S/C19H26O7/c1-7(2)15(20)23-9-6-17(4,22)19-12(11-10(9)8(3)16(21)24-11)18(5)13(25-18)14(19)26-19/h7-14,22H,6H2,1-5H3. The molecule has 5 fully saturated rings. The van der Waals surface area contributed by atoms with Crippen molar-refractivity contribution >= 4 is 11.9 Å². The molecular weight excluding hydrogens is 340 g/mol. The quantitative estimate of drug-likeness (QED) is 0.570. The third-order valence-corrected chi connectivity index (χ3v) is 7.45. The van der Waals surface area contributed by atoms with Crippen molar-refractivity contribution in [3.8, 4) is 0 Å². The number of fused-ring (bicyclic) bond motifs is 5. The summed E-state index contributed by atoms with van der Waals surface area (Å²) in [7, 11) is 0. The van der Waals surface area contributed by atoms with E-state index in [2.05, 4.69) is 0 Å². The molecule has 7 nitrogen and oxygen atoms in total. The van der Waals surface area contributed by atoms with E-state index in [1.807, 2.05) is 13.8 Å². The first kappa shape index (κ1) is 17.0. The second-order valence-corrected chi connectivity index (χ2v) is 9.41. The second kappa shape index (κ2) is 4.62. The maximum atomic E-state index is 12.4. The molecule has 144 valence electrons. The van der Waals surface area contributed by atoms with Gasteiger partial charge in [0.25, 0.3) is 0 Å². The van der Waals surface area contributed by atoms with Gasteiger partial charge in [0.05, 0.1) is 23.4 Å². The van der Waals surface area contributed by atoms with Crippen LogP contribution >= 0.6 is 0 Å². The summed E-state index contributed by atoms with van der Waals surface area (Å²) in [5.41, 5.74) is -2.45. The van der Waals surface area contributed by atoms with Crippen LogP contribution in [-0.4, -0.2) is 58.3 Å². The van der Waals surface area contributed by atoms with E-state index in [-0.39, 0.29) is 48.3 Å². The highest BCUT2D eigenvalue weighted by molar-refractivity contribution is 5.76. The molecule has 26 heavy (non-hydrogen) atoms. The lowest BCUT2D eigenvalue weighted by molar-refractivity contribution is -0.161. The van der Waals surface area contributed by atoms with Crippen LogP contribution in [0.5, 0.6) is 0 Å². The number of rotatable bonds is 2. The van der Waals surface area contributed by atoms with Gasteiger partial charge in [-0.05, 0) is 13.8 Å². The number of hydrogen-bond donors (Lipinski definition) is 1. The molecule has 0 radical (unpaired) electrons. The van der Waals surface area contributed by atoms with E-state index in [9.17, 15) is 14.7 Å². The molecule has 5 rings (SSSR count). The minimum Gasteiger partial charge on any atom is -0.462 e. The monoisotopic (exact) mass is 366 g/mol. The van der Waals surface area contributed by atoms with Gasteiger partial charge in [-0.25, -0.2) is 0 Å². The molecule has 3 saturated heterocycles. The van der Waals surface area contributed by atoms with Gasteiger partial charge < -0.3 is 24.1 Å². The number of esters is 2. The summed E-state index contributed by atoms with van der Waals surface area (Å²) in [5, 5.41) is 11.4. The average Bonchev–Trinajstić information content (AvgIpc) is 3.38. The van der Waals surface area contributed by atoms with Gasteiger partial charge in [-0.1, -0.05) is 20.8 Å². The Hall–Kier alpha value is -1.18. The molecule has 1 N–H and O–H groups in total. The fourth-order valence-corrected chi connectivity index (χ4v) is 6.01. The number of carbonyl (C=O) groups excluding carboxylic acids is 2. The van der Waals surface area contributed by atoms with E-state index >= 15 is 0 Å². The smallest absolute Gasteiger partial charge is 0.309 e. The van der Waals surface area contributed by atoms with E-state index < -0.39 is 34.9 Å². The van der Waals surface area contributed by atoms with Crippen LogP contribution in [0.3, 0.4) is 0 Å². The average molecular weight is 366 g/mol. The van der Waals surface area contributed by atoms with Crippen LogP contribution < -0.4 is 0 Å². The Balaban J connectivity index is 1.58. The molecule has 0 aromatic heterocycles. The molecule has 0 aromatic carbocycles. The van der Waals surface area contributed by atoms with Crippen molar-refractivity contribution in [1.29, 1.82) is 0 Å². The summed E-state index contributed by atoms with van der Waals surface area (Å²) >= 11 is 0. The van der Waals surface area contributed by atoms with Gasteiger partial charge in [0.2, 0.25) is 0 Å². The van der Waals surface area contributed by atoms with E-state index in [1.54, 1.807) is 20.8 Å². The lowest BCUT2D eigenvalue weighted by Gasteiger charge is -2.36. The van der Waals surface area contributed by atoms with Crippen LogP contribution in [-0.2, 0) is 28.5 Å². The lowest BCUT2D eigenvalue weighted by Crippen LogP contribution is -2.53. The van der Waals surface area contributed by atoms with Crippen LogP contribution in [0.4, 0.5) is 0 Å². The SMILES string of the molecule is CC(C)C(=O)OC1CC(C)(O)C23OC2C2OC2(C)C3C2OC(=O)C(C)C12. The van der Waals surface area contributed by atoms with Gasteiger partial charge >= 0.3 is 11.9 Å². The summed E-state index contributed by atoms with van der Waals surface area (Å²) in [5.74, 6) is -1.89. The van der Waals surface area contributed by atoms with Crippen molar-refractivity contribution in [2.75, 3.05) is 0 Å². The van der Waals surface area contributed by atoms with Gasteiger partial charge in [-0.3, -0.25) is 9.59 Å². The Kier molecular flexibility index (Phi) is 3.01. The summed E-state index contributed by atoms with van der Waals surface area (Å²) < 4.78 is 23.5. The highest BCUT2D eigenvalue weighted by Gasteiger charge is 2.93. The Labute approximate surface area is 152 Å². The Morgan fingerprint density at radius 2 is 1.96 bits per heavy atom. The summed E-state index contributed by atoms with van der Waals surface area (Å²) in [4.78, 5) is 24.7. The van der Waals surface area contributed by atoms with Gasteiger partial charge in [0.15, 0.2) is 0 Å². The maximum absolute atomic E-state index is 12.4. The fourth-order valence-electron chi connectivity index (χ4n) is 6.01. The summed E-state index contributed by atoms with van der Waals surface area (Å²) in [6, 6.07) is 0. The van der Waals surface area contributed by atoms with Gasteiger partial charge in [-0.2, -0.15) is 0 Å². The molecule has 7 heteroatoms. The van der Waals surface area contributed by atoms with E-state index in [1.165, 1.54) is 0 Å². The third-order valence-electron chi connectivity index (χ3n) is 7.45. The number of ether oxygens (including phenoxy) is 4. The highest BCUT2D eigenvalue weighted by atomic mass is 16.7. The van der Waals surface area contributed by atoms with Gasteiger partial charge in [0, 0.05) is 12.3 Å². The van der Waals surface area contributed by atoms with Gasteiger partial charge in [0.1, 0.15) is 35.6 Å². The molecule has 3 heterocycles. The second-order valence-electron chi connectivity index (χ2n) is 9.41. The Morgan fingerprint density at radius 3 is 2.62 bits per heavy atom. The van der Waals surface area contributed by atoms with E-state index in [0.29, 0.717) is 0 Å². The first-order valence-corrected chi connectivity index (χ1v) is 9.53. The summed E-state index contributed by atoms with van der Waals surface area (Å²) in [6.07, 6.45) is -1.12. The Morgan fingerprint density at radius 1 is 1.27 bits per heavy atom. The van der Waals surface area contributed by atoms with Crippen molar-refractivity contribution < 1.29 is 33.6 Å². The number of hydrogen-bond acceptors (Lipinski definition) is 7.